The topological polar surface area (TPSA) is 55.2 Å². The normalized spacial score (nSPS) is 11.4. The molecule has 0 amide bonds. The molecule has 9 heteroatoms. The highest BCUT2D eigenvalue weighted by Gasteiger charge is 2.26. The van der Waals surface area contributed by atoms with E-state index in [1.54, 1.807) is 0 Å². The highest BCUT2D eigenvalue weighted by Crippen LogP contribution is 2.30. The Labute approximate surface area is 114 Å². The molecule has 4 nitrogen and oxygen atoms in total. The molecule has 0 aliphatic heterocycles. The molecule has 0 spiro atoms. The van der Waals surface area contributed by atoms with Gasteiger partial charge >= 0.3 is 6.18 Å². The van der Waals surface area contributed by atoms with Crippen molar-refractivity contribution in [3.63, 3.8) is 0 Å². The number of nitrogens with one attached hydrogen (secondary N) is 1. The minimum atomic E-state index is -4.27. The maximum absolute atomic E-state index is 13.1. The van der Waals surface area contributed by atoms with Gasteiger partial charge in [0.15, 0.2) is 0 Å². The van der Waals surface area contributed by atoms with Gasteiger partial charge in [0.25, 0.3) is 5.69 Å². The van der Waals surface area contributed by atoms with Gasteiger partial charge in [-0.3, -0.25) is 10.1 Å². The molecule has 0 atom stereocenters. The number of anilines is 1. The van der Waals surface area contributed by atoms with Gasteiger partial charge in [-0.25, -0.2) is 4.39 Å². The summed E-state index contributed by atoms with van der Waals surface area (Å²) in [5, 5.41) is 13.2. The molecule has 19 heavy (non-hydrogen) atoms. The van der Waals surface area contributed by atoms with Crippen LogP contribution >= 0.6 is 15.9 Å². The van der Waals surface area contributed by atoms with E-state index in [0.717, 1.165) is 6.07 Å². The van der Waals surface area contributed by atoms with Crippen LogP contribution in [0.15, 0.2) is 16.6 Å². The first kappa shape index (κ1) is 15.7. The summed E-state index contributed by atoms with van der Waals surface area (Å²) in [7, 11) is 0. The molecule has 0 unspecified atom stereocenters. The summed E-state index contributed by atoms with van der Waals surface area (Å²) >= 11 is 2.85. The van der Waals surface area contributed by atoms with Crippen molar-refractivity contribution in [3.8, 4) is 0 Å². The average molecular weight is 345 g/mol. The summed E-state index contributed by atoms with van der Waals surface area (Å²) in [4.78, 5) is 9.88. The largest absolute Gasteiger partial charge is 0.389 e. The first-order chi connectivity index (χ1) is 8.70. The van der Waals surface area contributed by atoms with E-state index in [0.29, 0.717) is 6.07 Å². The SMILES string of the molecule is O=[N+]([O-])c1cc(F)c(Br)cc1NCCCC(F)(F)F. The van der Waals surface area contributed by atoms with Crippen LogP contribution in [-0.2, 0) is 0 Å². The molecule has 1 N–H and O–H groups in total. The molecule has 0 bridgehead atoms. The fourth-order valence-corrected chi connectivity index (χ4v) is 1.68. The van der Waals surface area contributed by atoms with Gasteiger partial charge in [0.1, 0.15) is 11.5 Å². The maximum Gasteiger partial charge on any atom is 0.389 e. The second kappa shape index (κ2) is 6.18. The van der Waals surface area contributed by atoms with Crippen molar-refractivity contribution in [2.75, 3.05) is 11.9 Å². The van der Waals surface area contributed by atoms with Gasteiger partial charge in [0.2, 0.25) is 0 Å². The van der Waals surface area contributed by atoms with Gasteiger partial charge in [-0.1, -0.05) is 0 Å². The first-order valence-corrected chi connectivity index (χ1v) is 5.94. The van der Waals surface area contributed by atoms with Crippen molar-refractivity contribution in [2.24, 2.45) is 0 Å². The van der Waals surface area contributed by atoms with Crippen LogP contribution in [0.25, 0.3) is 0 Å². The number of hydrogen-bond acceptors (Lipinski definition) is 3. The van der Waals surface area contributed by atoms with Crippen LogP contribution in [0.3, 0.4) is 0 Å². The van der Waals surface area contributed by atoms with E-state index >= 15 is 0 Å². The van der Waals surface area contributed by atoms with E-state index in [4.69, 9.17) is 0 Å². The van der Waals surface area contributed by atoms with Crippen molar-refractivity contribution in [1.82, 2.24) is 0 Å². The lowest BCUT2D eigenvalue weighted by atomic mass is 10.2. The van der Waals surface area contributed by atoms with Crippen molar-refractivity contribution in [2.45, 2.75) is 19.0 Å². The third-order valence-electron chi connectivity index (χ3n) is 2.19. The van der Waals surface area contributed by atoms with Crippen molar-refractivity contribution in [1.29, 1.82) is 0 Å². The number of nitro groups is 1. The molecule has 106 valence electrons. The lowest BCUT2D eigenvalue weighted by Gasteiger charge is -2.09. The van der Waals surface area contributed by atoms with E-state index in [-0.39, 0.29) is 23.1 Å². The molecule has 0 heterocycles. The van der Waals surface area contributed by atoms with Gasteiger partial charge in [-0.15, -0.1) is 0 Å². The Morgan fingerprint density at radius 3 is 2.53 bits per heavy atom. The molecule has 0 saturated heterocycles. The molecule has 0 radical (unpaired) electrons. The van der Waals surface area contributed by atoms with Gasteiger partial charge in [-0.05, 0) is 28.4 Å². The first-order valence-electron chi connectivity index (χ1n) is 5.15. The van der Waals surface area contributed by atoms with Crippen LogP contribution in [-0.4, -0.2) is 17.6 Å². The highest BCUT2D eigenvalue weighted by molar-refractivity contribution is 9.10. The third-order valence-corrected chi connectivity index (χ3v) is 2.80. The molecule has 0 aliphatic rings. The lowest BCUT2D eigenvalue weighted by Crippen LogP contribution is -2.11. The number of halogens is 5. The number of nitrogens with zero attached hydrogens (tertiary/aromatic N) is 1. The number of nitro benzene ring substituents is 1. The van der Waals surface area contributed by atoms with Crippen molar-refractivity contribution in [3.05, 3.63) is 32.5 Å². The van der Waals surface area contributed by atoms with Crippen LogP contribution in [0.4, 0.5) is 28.9 Å². The number of rotatable bonds is 5. The predicted octanol–water partition coefficient (Wildman–Crippen LogP) is 4.25. The van der Waals surface area contributed by atoms with Crippen LogP contribution in [0.1, 0.15) is 12.8 Å². The molecule has 1 rings (SSSR count). The standard InChI is InChI=1S/C10H9BrF4N2O2/c11-6-4-8(9(17(18)19)5-7(6)12)16-3-1-2-10(13,14)15/h4-5,16H,1-3H2. The number of alkyl halides is 3. The Kier molecular flexibility index (Phi) is 5.10. The summed E-state index contributed by atoms with van der Waals surface area (Å²) in [6, 6.07) is 1.83. The molecule has 1 aromatic rings. The van der Waals surface area contributed by atoms with Crippen LogP contribution in [0.2, 0.25) is 0 Å². The van der Waals surface area contributed by atoms with Gasteiger partial charge in [-0.2, -0.15) is 13.2 Å². The monoisotopic (exact) mass is 344 g/mol. The highest BCUT2D eigenvalue weighted by atomic mass is 79.9. The predicted molar refractivity (Wildman–Crippen MR) is 64.5 cm³/mol. The summed E-state index contributed by atoms with van der Waals surface area (Å²) < 4.78 is 48.9. The molecule has 0 aliphatic carbocycles. The Hall–Kier alpha value is -1.38. The number of benzene rings is 1. The van der Waals surface area contributed by atoms with Crippen LogP contribution in [0, 0.1) is 15.9 Å². The zero-order valence-electron chi connectivity index (χ0n) is 9.43. The van der Waals surface area contributed by atoms with E-state index in [1.165, 1.54) is 0 Å². The van der Waals surface area contributed by atoms with Gasteiger partial charge in [0.05, 0.1) is 15.5 Å². The Morgan fingerprint density at radius 2 is 2.00 bits per heavy atom. The smallest absolute Gasteiger partial charge is 0.379 e. The van der Waals surface area contributed by atoms with Crippen molar-refractivity contribution < 1.29 is 22.5 Å². The zero-order valence-corrected chi connectivity index (χ0v) is 11.0. The summed E-state index contributed by atoms with van der Waals surface area (Å²) in [6.07, 6.45) is -5.48. The molecule has 0 fully saturated rings. The second-order valence-electron chi connectivity index (χ2n) is 3.69. The maximum atomic E-state index is 13.1. The summed E-state index contributed by atoms with van der Waals surface area (Å²) in [5.41, 5.74) is -0.548. The summed E-state index contributed by atoms with van der Waals surface area (Å²) in [5.74, 6) is -0.812. The minimum Gasteiger partial charge on any atom is -0.379 e. The van der Waals surface area contributed by atoms with E-state index in [2.05, 4.69) is 21.2 Å². The van der Waals surface area contributed by atoms with Crippen molar-refractivity contribution >= 4 is 27.3 Å². The summed E-state index contributed by atoms with van der Waals surface area (Å²) in [6.45, 7) is -0.0988. The van der Waals surface area contributed by atoms with E-state index < -0.39 is 29.0 Å². The quantitative estimate of drug-likeness (QED) is 0.376. The molecular weight excluding hydrogens is 336 g/mol. The Balaban J connectivity index is 2.72. The van der Waals surface area contributed by atoms with Gasteiger partial charge in [0, 0.05) is 13.0 Å². The molecule has 0 aromatic heterocycles. The third kappa shape index (κ3) is 5.01. The average Bonchev–Trinajstić information content (AvgIpc) is 2.27. The zero-order chi connectivity index (χ0) is 14.6. The Bertz CT molecular complexity index is 479. The van der Waals surface area contributed by atoms with E-state index in [1.807, 2.05) is 0 Å². The fraction of sp³-hybridized carbons (Fsp3) is 0.400. The lowest BCUT2D eigenvalue weighted by molar-refractivity contribution is -0.384. The number of hydrogen-bond donors (Lipinski definition) is 1. The molecular formula is C10H9BrF4N2O2. The Morgan fingerprint density at radius 1 is 1.37 bits per heavy atom. The van der Waals surface area contributed by atoms with Gasteiger partial charge < -0.3 is 5.32 Å². The fourth-order valence-electron chi connectivity index (χ4n) is 1.34. The molecule has 0 saturated carbocycles. The van der Waals surface area contributed by atoms with Crippen LogP contribution in [0.5, 0.6) is 0 Å². The second-order valence-corrected chi connectivity index (χ2v) is 4.54. The minimum absolute atomic E-state index is 0.00331. The molecule has 1 aromatic carbocycles. The van der Waals surface area contributed by atoms with Crippen LogP contribution < -0.4 is 5.32 Å². The van der Waals surface area contributed by atoms with E-state index in [9.17, 15) is 27.7 Å².